The average molecular weight is 695 g/mol. The number of halogens is 4. The van der Waals surface area contributed by atoms with Crippen molar-refractivity contribution in [3.8, 4) is 0 Å². The molecule has 0 atom stereocenters. The highest BCUT2D eigenvalue weighted by Crippen LogP contribution is 2.37. The van der Waals surface area contributed by atoms with Crippen molar-refractivity contribution in [1.29, 1.82) is 0 Å². The number of nitrogens with one attached hydrogen (secondary N) is 1. The lowest BCUT2D eigenvalue weighted by Gasteiger charge is -2.36. The SMILES string of the molecule is Cc1c(C(=O)N(CC(=O)c2c(Cl)cncc2Cl)Cc2cc(F)cc(F)c2)cnn1[C@H]1CC[C@H](C(=O)NO[Si](C)(C)C(C)(C)C)CC1. The third kappa shape index (κ3) is 8.20. The number of amides is 2. The minimum Gasteiger partial charge on any atom is -0.326 e. The lowest BCUT2D eigenvalue weighted by Crippen LogP contribution is -2.48. The predicted octanol–water partition coefficient (Wildman–Crippen LogP) is 7.48. The van der Waals surface area contributed by atoms with Gasteiger partial charge in [0.1, 0.15) is 11.6 Å². The first-order chi connectivity index (χ1) is 21.5. The van der Waals surface area contributed by atoms with Crippen LogP contribution in [0.4, 0.5) is 8.78 Å². The van der Waals surface area contributed by atoms with Crippen LogP contribution in [0.1, 0.15) is 84.5 Å². The van der Waals surface area contributed by atoms with Crippen molar-refractivity contribution < 1.29 is 27.7 Å². The van der Waals surface area contributed by atoms with Crippen molar-refractivity contribution in [2.45, 2.75) is 84.1 Å². The van der Waals surface area contributed by atoms with Crippen molar-refractivity contribution >= 4 is 49.1 Å². The molecule has 0 aliphatic heterocycles. The van der Waals surface area contributed by atoms with E-state index in [0.717, 1.165) is 18.2 Å². The fraction of sp³-hybridized carbons (Fsp3) is 0.469. The molecule has 0 saturated heterocycles. The molecule has 9 nitrogen and oxygen atoms in total. The molecular formula is C32H39Cl2F2N5O4Si. The van der Waals surface area contributed by atoms with Gasteiger partial charge in [0.05, 0.1) is 40.0 Å². The van der Waals surface area contributed by atoms with Gasteiger partial charge in [-0.25, -0.2) is 14.3 Å². The summed E-state index contributed by atoms with van der Waals surface area (Å²) in [6.07, 6.45) is 6.54. The first-order valence-electron chi connectivity index (χ1n) is 15.1. The summed E-state index contributed by atoms with van der Waals surface area (Å²) in [4.78, 5) is 45.2. The highest BCUT2D eigenvalue weighted by molar-refractivity contribution is 6.74. The Balaban J connectivity index is 1.50. The second kappa shape index (κ2) is 14.3. The van der Waals surface area contributed by atoms with Crippen LogP contribution in [0.2, 0.25) is 28.2 Å². The van der Waals surface area contributed by atoms with Gasteiger partial charge >= 0.3 is 0 Å². The number of nitrogens with zero attached hydrogens (tertiary/aromatic N) is 4. The lowest BCUT2D eigenvalue weighted by atomic mass is 9.85. The maximum absolute atomic E-state index is 14.0. The minimum absolute atomic E-state index is 0.00974. The quantitative estimate of drug-likeness (QED) is 0.134. The highest BCUT2D eigenvalue weighted by Gasteiger charge is 2.39. The maximum atomic E-state index is 14.0. The standard InChI is InChI=1S/C32H39Cl2F2N5O4Si/c1-19-25(14-38-41(19)24-9-7-21(8-10-24)30(43)39-45-46(5,6)32(2,3)4)31(44)40(17-20-11-22(35)13-23(36)12-20)18-28(42)29-26(33)15-37-16-27(29)34/h11-16,21,24H,7-10,17-18H2,1-6H3,(H,39,43)/t21-,24-. The highest BCUT2D eigenvalue weighted by atomic mass is 35.5. The Labute approximate surface area is 278 Å². The number of carbonyl (C=O) groups is 3. The molecule has 1 aromatic carbocycles. The van der Waals surface area contributed by atoms with Crippen LogP contribution >= 0.6 is 23.2 Å². The van der Waals surface area contributed by atoms with Crippen LogP contribution in [0.25, 0.3) is 0 Å². The van der Waals surface area contributed by atoms with E-state index in [2.05, 4.69) is 49.4 Å². The number of aromatic nitrogens is 3. The van der Waals surface area contributed by atoms with Gasteiger partial charge in [0, 0.05) is 36.6 Å². The van der Waals surface area contributed by atoms with Gasteiger partial charge in [-0.2, -0.15) is 5.10 Å². The van der Waals surface area contributed by atoms with Crippen LogP contribution in [0.15, 0.2) is 36.8 Å². The zero-order chi connectivity index (χ0) is 34.0. The second-order valence-electron chi connectivity index (χ2n) is 13.3. The number of pyridine rings is 1. The van der Waals surface area contributed by atoms with Crippen LogP contribution in [0.5, 0.6) is 0 Å². The van der Waals surface area contributed by atoms with Crippen LogP contribution in [0.3, 0.4) is 0 Å². The second-order valence-corrected chi connectivity index (χ2v) is 18.8. The first kappa shape index (κ1) is 35.7. The fourth-order valence-corrected chi connectivity index (χ4v) is 6.46. The van der Waals surface area contributed by atoms with Crippen molar-refractivity contribution in [2.24, 2.45) is 5.92 Å². The van der Waals surface area contributed by atoms with Gasteiger partial charge in [0.25, 0.3) is 5.91 Å². The smallest absolute Gasteiger partial charge is 0.258 e. The molecule has 2 heterocycles. The van der Waals surface area contributed by atoms with E-state index in [1.165, 1.54) is 23.5 Å². The molecule has 1 aliphatic rings. The molecule has 1 aliphatic carbocycles. The predicted molar refractivity (Wildman–Crippen MR) is 174 cm³/mol. The summed E-state index contributed by atoms with van der Waals surface area (Å²) in [5.41, 5.74) is 3.67. The number of benzene rings is 1. The normalized spacial score (nSPS) is 17.1. The van der Waals surface area contributed by atoms with E-state index in [-0.39, 0.29) is 56.2 Å². The van der Waals surface area contributed by atoms with Gasteiger partial charge in [-0.3, -0.25) is 24.0 Å². The first-order valence-corrected chi connectivity index (χ1v) is 18.7. The Bertz CT molecular complexity index is 1580. The van der Waals surface area contributed by atoms with Crippen LogP contribution in [0, 0.1) is 24.5 Å². The average Bonchev–Trinajstić information content (AvgIpc) is 3.35. The summed E-state index contributed by atoms with van der Waals surface area (Å²) in [6.45, 7) is 11.5. The number of hydrogen-bond acceptors (Lipinski definition) is 6. The number of Topliss-reactive ketones (excluding diaryl/α,β-unsaturated/α-hetero) is 1. The van der Waals surface area contributed by atoms with Gasteiger partial charge in [0.2, 0.25) is 14.2 Å². The van der Waals surface area contributed by atoms with Gasteiger partial charge in [-0.05, 0) is 68.4 Å². The number of ketones is 1. The summed E-state index contributed by atoms with van der Waals surface area (Å²) >= 11 is 12.4. The Morgan fingerprint density at radius 3 is 2.17 bits per heavy atom. The summed E-state index contributed by atoms with van der Waals surface area (Å²) in [6, 6.07) is 2.88. The van der Waals surface area contributed by atoms with E-state index in [1.807, 2.05) is 0 Å². The Morgan fingerprint density at radius 2 is 1.61 bits per heavy atom. The minimum atomic E-state index is -2.14. The molecule has 4 rings (SSSR count). The number of hydroxylamine groups is 1. The van der Waals surface area contributed by atoms with Gasteiger partial charge in [-0.1, -0.05) is 44.0 Å². The zero-order valence-corrected chi connectivity index (χ0v) is 29.3. The molecule has 0 unspecified atom stereocenters. The zero-order valence-electron chi connectivity index (χ0n) is 26.8. The van der Waals surface area contributed by atoms with Crippen molar-refractivity contribution in [3.05, 3.63) is 80.9 Å². The fourth-order valence-electron chi connectivity index (χ4n) is 5.22. The van der Waals surface area contributed by atoms with Gasteiger partial charge in [0.15, 0.2) is 5.78 Å². The molecule has 248 valence electrons. The molecular weight excluding hydrogens is 655 g/mol. The van der Waals surface area contributed by atoms with E-state index >= 15 is 0 Å². The Hall–Kier alpha value is -3.19. The van der Waals surface area contributed by atoms with Gasteiger partial charge in [-0.15, -0.1) is 0 Å². The molecule has 14 heteroatoms. The summed E-state index contributed by atoms with van der Waals surface area (Å²) in [5.74, 6) is -3.07. The molecule has 46 heavy (non-hydrogen) atoms. The van der Waals surface area contributed by atoms with Crippen molar-refractivity contribution in [3.63, 3.8) is 0 Å². The van der Waals surface area contributed by atoms with E-state index in [0.29, 0.717) is 31.4 Å². The van der Waals surface area contributed by atoms with E-state index in [1.54, 1.807) is 11.6 Å². The molecule has 1 N–H and O–H groups in total. The lowest BCUT2D eigenvalue weighted by molar-refractivity contribution is -0.133. The monoisotopic (exact) mass is 693 g/mol. The van der Waals surface area contributed by atoms with Gasteiger partial charge < -0.3 is 9.43 Å². The largest absolute Gasteiger partial charge is 0.326 e. The molecule has 3 aromatic rings. The third-order valence-corrected chi connectivity index (χ3v) is 13.7. The number of carbonyl (C=O) groups excluding carboxylic acids is 3. The van der Waals surface area contributed by atoms with Crippen LogP contribution in [-0.4, -0.2) is 52.1 Å². The van der Waals surface area contributed by atoms with E-state index in [9.17, 15) is 23.2 Å². The van der Waals surface area contributed by atoms with Crippen LogP contribution in [-0.2, 0) is 15.9 Å². The molecule has 0 bridgehead atoms. The number of hydrogen-bond donors (Lipinski definition) is 1. The Morgan fingerprint density at radius 1 is 1.02 bits per heavy atom. The molecule has 2 aromatic heterocycles. The van der Waals surface area contributed by atoms with Crippen molar-refractivity contribution in [2.75, 3.05) is 6.54 Å². The third-order valence-electron chi connectivity index (χ3n) is 8.95. The van der Waals surface area contributed by atoms with E-state index < -0.39 is 38.2 Å². The molecule has 0 spiro atoms. The summed E-state index contributed by atoms with van der Waals surface area (Å²) in [7, 11) is -2.14. The molecule has 2 amide bonds. The topological polar surface area (TPSA) is 106 Å². The summed E-state index contributed by atoms with van der Waals surface area (Å²) in [5, 5.41) is 4.49. The number of rotatable bonds is 10. The molecule has 1 fully saturated rings. The molecule has 0 radical (unpaired) electrons. The molecule has 1 saturated carbocycles. The van der Waals surface area contributed by atoms with E-state index in [4.69, 9.17) is 27.7 Å². The maximum Gasteiger partial charge on any atom is 0.258 e. The Kier molecular flexibility index (Phi) is 11.1. The van der Waals surface area contributed by atoms with Crippen LogP contribution < -0.4 is 5.48 Å². The summed E-state index contributed by atoms with van der Waals surface area (Å²) < 4.78 is 35.7. The van der Waals surface area contributed by atoms with Crippen molar-refractivity contribution in [1.82, 2.24) is 25.1 Å².